The van der Waals surface area contributed by atoms with Gasteiger partial charge in [-0.05, 0) is 18.2 Å². The van der Waals surface area contributed by atoms with Gasteiger partial charge in [-0.15, -0.1) is 0 Å². The molecule has 1 aromatic carbocycles. The Balaban J connectivity index is 2.18. The maximum Gasteiger partial charge on any atom is 0.337 e. The van der Waals surface area contributed by atoms with Crippen LogP contribution in [0.25, 0.3) is 0 Å². The molecular weight excluding hydrogens is 285 g/mol. The molecule has 3 N–H and O–H groups in total. The fourth-order valence-electron chi connectivity index (χ4n) is 1.78. The molecule has 1 saturated heterocycles. The molecule has 1 fully saturated rings. The monoisotopic (exact) mass is 295 g/mol. The first-order valence-electron chi connectivity index (χ1n) is 5.78. The first kappa shape index (κ1) is 14.4. The summed E-state index contributed by atoms with van der Waals surface area (Å²) in [6.07, 6.45) is 0. The van der Waals surface area contributed by atoms with Crippen molar-refractivity contribution in [1.29, 1.82) is 0 Å². The molecule has 0 spiro atoms. The maximum absolute atomic E-state index is 13.0. The van der Waals surface area contributed by atoms with Crippen LogP contribution in [0.3, 0.4) is 0 Å². The van der Waals surface area contributed by atoms with Gasteiger partial charge in [-0.25, -0.2) is 14.0 Å². The molecule has 21 heavy (non-hydrogen) atoms. The molecule has 0 aromatic heterocycles. The number of nitrogens with one attached hydrogen (secondary N) is 2. The topological polar surface area (TPSA) is 116 Å². The number of nitrogens with zero attached hydrogens (tertiary/aromatic N) is 1. The fraction of sp³-hybridized carbons (Fsp3) is 0.167. The number of halogens is 1. The van der Waals surface area contributed by atoms with Crippen molar-refractivity contribution in [3.8, 4) is 0 Å². The van der Waals surface area contributed by atoms with Crippen LogP contribution in [0, 0.1) is 5.82 Å². The third-order valence-electron chi connectivity index (χ3n) is 2.69. The van der Waals surface area contributed by atoms with Crippen LogP contribution in [0.1, 0.15) is 10.4 Å². The molecule has 110 valence electrons. The summed E-state index contributed by atoms with van der Waals surface area (Å²) in [6, 6.07) is 2.00. The molecule has 0 atom stereocenters. The van der Waals surface area contributed by atoms with E-state index in [-0.39, 0.29) is 18.8 Å². The number of carbonyl (C=O) groups excluding carboxylic acids is 3. The average molecular weight is 295 g/mol. The Morgan fingerprint density at radius 1 is 1.24 bits per heavy atom. The Labute approximate surface area is 117 Å². The van der Waals surface area contributed by atoms with Gasteiger partial charge in [-0.2, -0.15) is 0 Å². The van der Waals surface area contributed by atoms with Crippen LogP contribution in [-0.4, -0.2) is 46.9 Å². The molecule has 1 aliphatic heterocycles. The van der Waals surface area contributed by atoms with E-state index in [0.29, 0.717) is 0 Å². The third-order valence-corrected chi connectivity index (χ3v) is 2.69. The number of hydrogen-bond donors (Lipinski definition) is 3. The summed E-state index contributed by atoms with van der Waals surface area (Å²) in [7, 11) is 0. The van der Waals surface area contributed by atoms with Gasteiger partial charge >= 0.3 is 12.0 Å². The molecule has 0 radical (unpaired) electrons. The molecule has 2 rings (SSSR count). The van der Waals surface area contributed by atoms with Crippen molar-refractivity contribution >= 4 is 29.5 Å². The Kier molecular flexibility index (Phi) is 3.83. The number of amides is 4. The molecule has 8 nitrogen and oxygen atoms in total. The average Bonchev–Trinajstić information content (AvgIpc) is 2.39. The van der Waals surface area contributed by atoms with Crippen molar-refractivity contribution in [2.45, 2.75) is 0 Å². The Bertz CT molecular complexity index is 630. The van der Waals surface area contributed by atoms with E-state index in [1.165, 1.54) is 0 Å². The third kappa shape index (κ3) is 3.32. The maximum atomic E-state index is 13.0. The minimum atomic E-state index is -1.42. The summed E-state index contributed by atoms with van der Waals surface area (Å²) < 4.78 is 13.0. The highest BCUT2D eigenvalue weighted by atomic mass is 19.1. The zero-order valence-electron chi connectivity index (χ0n) is 10.6. The number of imide groups is 1. The largest absolute Gasteiger partial charge is 0.478 e. The van der Waals surface area contributed by atoms with Gasteiger partial charge in [0.1, 0.15) is 18.9 Å². The molecule has 0 saturated carbocycles. The minimum absolute atomic E-state index is 0.132. The zero-order valence-corrected chi connectivity index (χ0v) is 10.6. The molecule has 1 heterocycles. The SMILES string of the molecule is O=C1CN(C(=O)Nc2ccc(F)cc2C(=O)O)CC(=O)N1. The van der Waals surface area contributed by atoms with Gasteiger partial charge in [0.15, 0.2) is 0 Å². The first-order valence-corrected chi connectivity index (χ1v) is 5.78. The Morgan fingerprint density at radius 3 is 2.43 bits per heavy atom. The molecule has 1 aromatic rings. The summed E-state index contributed by atoms with van der Waals surface area (Å²) in [5.74, 6) is -3.46. The highest BCUT2D eigenvalue weighted by molar-refractivity contribution is 6.05. The van der Waals surface area contributed by atoms with Gasteiger partial charge in [0.2, 0.25) is 11.8 Å². The molecule has 4 amide bonds. The van der Waals surface area contributed by atoms with Crippen LogP contribution in [0.4, 0.5) is 14.9 Å². The van der Waals surface area contributed by atoms with Crippen molar-refractivity contribution in [2.24, 2.45) is 0 Å². The van der Waals surface area contributed by atoms with Crippen molar-refractivity contribution in [3.63, 3.8) is 0 Å². The van der Waals surface area contributed by atoms with Gasteiger partial charge in [-0.1, -0.05) is 0 Å². The van der Waals surface area contributed by atoms with Crippen LogP contribution in [-0.2, 0) is 9.59 Å². The normalized spacial score (nSPS) is 14.6. The number of aromatic carboxylic acids is 1. The van der Waals surface area contributed by atoms with E-state index in [9.17, 15) is 23.6 Å². The number of piperazine rings is 1. The van der Waals surface area contributed by atoms with Crippen molar-refractivity contribution < 1.29 is 28.7 Å². The highest BCUT2D eigenvalue weighted by Gasteiger charge is 2.27. The van der Waals surface area contributed by atoms with E-state index in [1.54, 1.807) is 0 Å². The van der Waals surface area contributed by atoms with Crippen molar-refractivity contribution in [3.05, 3.63) is 29.6 Å². The number of benzene rings is 1. The van der Waals surface area contributed by atoms with E-state index in [2.05, 4.69) is 5.32 Å². The summed E-state index contributed by atoms with van der Waals surface area (Å²) >= 11 is 0. The van der Waals surface area contributed by atoms with E-state index >= 15 is 0 Å². The second-order valence-corrected chi connectivity index (χ2v) is 4.25. The predicted molar refractivity (Wildman–Crippen MR) is 67.1 cm³/mol. The Morgan fingerprint density at radius 2 is 1.86 bits per heavy atom. The van der Waals surface area contributed by atoms with E-state index in [4.69, 9.17) is 5.11 Å². The molecular formula is C12H10FN3O5. The summed E-state index contributed by atoms with van der Waals surface area (Å²) in [6.45, 7) is -0.664. The second kappa shape index (κ2) is 5.57. The predicted octanol–water partition coefficient (Wildman–Crippen LogP) is 0.0142. The van der Waals surface area contributed by atoms with E-state index in [1.807, 2.05) is 5.32 Å². The van der Waals surface area contributed by atoms with Crippen LogP contribution in [0.5, 0.6) is 0 Å². The number of hydrogen-bond acceptors (Lipinski definition) is 4. The van der Waals surface area contributed by atoms with Gasteiger partial charge in [-0.3, -0.25) is 14.9 Å². The molecule has 0 unspecified atom stereocenters. The minimum Gasteiger partial charge on any atom is -0.478 e. The lowest BCUT2D eigenvalue weighted by atomic mass is 10.1. The second-order valence-electron chi connectivity index (χ2n) is 4.25. The number of anilines is 1. The van der Waals surface area contributed by atoms with Gasteiger partial charge in [0.05, 0.1) is 11.3 Å². The smallest absolute Gasteiger partial charge is 0.337 e. The number of rotatable bonds is 2. The van der Waals surface area contributed by atoms with Crippen LogP contribution in [0.15, 0.2) is 18.2 Å². The van der Waals surface area contributed by atoms with Crippen LogP contribution in [0.2, 0.25) is 0 Å². The number of carboxylic acids is 1. The van der Waals surface area contributed by atoms with Gasteiger partial charge in [0.25, 0.3) is 0 Å². The first-order chi connectivity index (χ1) is 9.86. The number of urea groups is 1. The fourth-order valence-corrected chi connectivity index (χ4v) is 1.78. The summed E-state index contributed by atoms with van der Waals surface area (Å²) in [4.78, 5) is 46.1. The lowest BCUT2D eigenvalue weighted by Gasteiger charge is -2.25. The van der Waals surface area contributed by atoms with Gasteiger partial charge in [0, 0.05) is 0 Å². The highest BCUT2D eigenvalue weighted by Crippen LogP contribution is 2.17. The lowest BCUT2D eigenvalue weighted by molar-refractivity contribution is -0.134. The van der Waals surface area contributed by atoms with E-state index < -0.39 is 35.2 Å². The number of carboxylic acid groups (broad SMARTS) is 1. The van der Waals surface area contributed by atoms with Crippen molar-refractivity contribution in [1.82, 2.24) is 10.2 Å². The van der Waals surface area contributed by atoms with E-state index in [0.717, 1.165) is 23.1 Å². The van der Waals surface area contributed by atoms with Crippen molar-refractivity contribution in [2.75, 3.05) is 18.4 Å². The number of carbonyl (C=O) groups is 4. The molecule has 0 aliphatic carbocycles. The molecule has 9 heteroatoms. The Hall–Kier alpha value is -2.97. The summed E-state index contributed by atoms with van der Waals surface area (Å²) in [5, 5.41) is 13.2. The lowest BCUT2D eigenvalue weighted by Crippen LogP contribution is -2.54. The molecule has 1 aliphatic rings. The quantitative estimate of drug-likeness (QED) is 0.665. The zero-order chi connectivity index (χ0) is 15.6. The molecule has 0 bridgehead atoms. The van der Waals surface area contributed by atoms with Crippen LogP contribution >= 0.6 is 0 Å². The van der Waals surface area contributed by atoms with Gasteiger partial charge < -0.3 is 15.3 Å². The standard InChI is InChI=1S/C12H10FN3O5/c13-6-1-2-8(7(3-6)11(19)20)14-12(21)16-4-9(17)15-10(18)5-16/h1-3H,4-5H2,(H,14,21)(H,19,20)(H,15,17,18). The summed E-state index contributed by atoms with van der Waals surface area (Å²) in [5.41, 5.74) is -0.566. The van der Waals surface area contributed by atoms with Crippen LogP contribution < -0.4 is 10.6 Å².